The average Bonchev–Trinajstić information content (AvgIpc) is 2.74. The molecule has 1 N–H and O–H groups in total. The standard InChI is InChI=1S/C26H28FNOS/c1-26(2,3)20-9-5-19(6-10-20)25(29)17-24(18-7-15-23(30-4)16-8-18)28-22-13-11-21(27)12-14-22/h5-16,24,28H,17H2,1-4H3/t24-/m0/s1. The summed E-state index contributed by atoms with van der Waals surface area (Å²) in [6.07, 6.45) is 2.35. The van der Waals surface area contributed by atoms with Crippen LogP contribution in [0.4, 0.5) is 10.1 Å². The molecule has 3 rings (SSSR count). The molecule has 0 aromatic heterocycles. The Balaban J connectivity index is 1.83. The van der Waals surface area contributed by atoms with Crippen LogP contribution in [0.15, 0.2) is 77.7 Å². The van der Waals surface area contributed by atoms with Crippen LogP contribution >= 0.6 is 11.8 Å². The Morgan fingerprint density at radius 1 is 0.933 bits per heavy atom. The molecule has 30 heavy (non-hydrogen) atoms. The van der Waals surface area contributed by atoms with Crippen LogP contribution in [0.3, 0.4) is 0 Å². The molecular formula is C26H28FNOS. The highest BCUT2D eigenvalue weighted by Gasteiger charge is 2.19. The molecule has 4 heteroatoms. The number of Topliss-reactive ketones (excluding diaryl/α,β-unsaturated/α-hetero) is 1. The van der Waals surface area contributed by atoms with Crippen LogP contribution < -0.4 is 5.32 Å². The molecule has 0 fully saturated rings. The van der Waals surface area contributed by atoms with Gasteiger partial charge in [-0.2, -0.15) is 0 Å². The van der Waals surface area contributed by atoms with Crippen molar-refractivity contribution in [3.8, 4) is 0 Å². The largest absolute Gasteiger partial charge is 0.378 e. The lowest BCUT2D eigenvalue weighted by Crippen LogP contribution is -2.16. The van der Waals surface area contributed by atoms with E-state index in [9.17, 15) is 9.18 Å². The topological polar surface area (TPSA) is 29.1 Å². The second-order valence-electron chi connectivity index (χ2n) is 8.43. The van der Waals surface area contributed by atoms with Gasteiger partial charge in [-0.05, 0) is 59.2 Å². The molecule has 0 aliphatic rings. The van der Waals surface area contributed by atoms with Gasteiger partial charge in [0.15, 0.2) is 5.78 Å². The summed E-state index contributed by atoms with van der Waals surface area (Å²) < 4.78 is 13.3. The maximum absolute atomic E-state index is 13.3. The van der Waals surface area contributed by atoms with E-state index >= 15 is 0 Å². The molecule has 0 aliphatic heterocycles. The van der Waals surface area contributed by atoms with Crippen LogP contribution in [0.2, 0.25) is 0 Å². The van der Waals surface area contributed by atoms with Crippen molar-refractivity contribution >= 4 is 23.2 Å². The Kier molecular flexibility index (Phi) is 6.99. The van der Waals surface area contributed by atoms with Crippen molar-refractivity contribution in [2.75, 3.05) is 11.6 Å². The molecule has 156 valence electrons. The second kappa shape index (κ2) is 9.48. The third-order valence-electron chi connectivity index (χ3n) is 5.17. The monoisotopic (exact) mass is 421 g/mol. The Bertz CT molecular complexity index is 974. The molecule has 0 unspecified atom stereocenters. The van der Waals surface area contributed by atoms with Gasteiger partial charge >= 0.3 is 0 Å². The van der Waals surface area contributed by atoms with E-state index in [2.05, 4.69) is 38.2 Å². The van der Waals surface area contributed by atoms with Crippen LogP contribution in [0.5, 0.6) is 0 Å². The highest BCUT2D eigenvalue weighted by atomic mass is 32.2. The van der Waals surface area contributed by atoms with Crippen LogP contribution in [0.25, 0.3) is 0 Å². The average molecular weight is 422 g/mol. The number of carbonyl (C=O) groups is 1. The quantitative estimate of drug-likeness (QED) is 0.321. The number of nitrogens with one attached hydrogen (secondary N) is 1. The molecule has 3 aromatic carbocycles. The number of rotatable bonds is 7. The fraction of sp³-hybridized carbons (Fsp3) is 0.269. The molecule has 1 atom stereocenters. The van der Waals surface area contributed by atoms with Crippen molar-refractivity contribution in [2.45, 2.75) is 43.5 Å². The molecule has 0 bridgehead atoms. The van der Waals surface area contributed by atoms with Gasteiger partial charge in [-0.1, -0.05) is 57.2 Å². The Hall–Kier alpha value is -2.59. The first-order chi connectivity index (χ1) is 14.3. The number of hydrogen-bond donors (Lipinski definition) is 1. The summed E-state index contributed by atoms with van der Waals surface area (Å²) in [5, 5.41) is 3.40. The molecule has 0 saturated carbocycles. The molecule has 2 nitrogen and oxygen atoms in total. The lowest BCUT2D eigenvalue weighted by Gasteiger charge is -2.21. The predicted octanol–water partition coefficient (Wildman–Crippen LogP) is 7.27. The van der Waals surface area contributed by atoms with E-state index in [1.807, 2.05) is 42.7 Å². The summed E-state index contributed by atoms with van der Waals surface area (Å²) in [7, 11) is 0. The van der Waals surface area contributed by atoms with Gasteiger partial charge in [0.05, 0.1) is 6.04 Å². The highest BCUT2D eigenvalue weighted by molar-refractivity contribution is 7.98. The van der Waals surface area contributed by atoms with Crippen molar-refractivity contribution in [3.05, 3.63) is 95.3 Å². The van der Waals surface area contributed by atoms with Gasteiger partial charge in [0.1, 0.15) is 5.82 Å². The SMILES string of the molecule is CSc1ccc([C@H](CC(=O)c2ccc(C(C)(C)C)cc2)Nc2ccc(F)cc2)cc1. The Labute approximate surface area is 182 Å². The number of ketones is 1. The molecule has 0 radical (unpaired) electrons. The fourth-order valence-corrected chi connectivity index (χ4v) is 3.70. The zero-order valence-electron chi connectivity index (χ0n) is 17.9. The van der Waals surface area contributed by atoms with Gasteiger partial charge in [-0.3, -0.25) is 4.79 Å². The summed E-state index contributed by atoms with van der Waals surface area (Å²) in [5.74, 6) is -0.208. The number of thioether (sulfide) groups is 1. The molecule has 0 saturated heterocycles. The Morgan fingerprint density at radius 3 is 2.07 bits per heavy atom. The second-order valence-corrected chi connectivity index (χ2v) is 9.31. The molecule has 0 heterocycles. The van der Waals surface area contributed by atoms with Crippen LogP contribution in [-0.2, 0) is 5.41 Å². The number of hydrogen-bond acceptors (Lipinski definition) is 3. The predicted molar refractivity (Wildman–Crippen MR) is 125 cm³/mol. The first-order valence-electron chi connectivity index (χ1n) is 10.1. The van der Waals surface area contributed by atoms with Crippen molar-refractivity contribution in [3.63, 3.8) is 0 Å². The number of benzene rings is 3. The molecule has 0 spiro atoms. The van der Waals surface area contributed by atoms with Gasteiger partial charge in [-0.25, -0.2) is 4.39 Å². The highest BCUT2D eigenvalue weighted by Crippen LogP contribution is 2.28. The van der Waals surface area contributed by atoms with Crippen LogP contribution in [0, 0.1) is 5.82 Å². The molecule has 3 aromatic rings. The number of halogens is 1. The van der Waals surface area contributed by atoms with E-state index in [4.69, 9.17) is 0 Å². The summed E-state index contributed by atoms with van der Waals surface area (Å²) in [4.78, 5) is 14.2. The van der Waals surface area contributed by atoms with Gasteiger partial charge in [0.2, 0.25) is 0 Å². The van der Waals surface area contributed by atoms with Crippen molar-refractivity contribution in [2.24, 2.45) is 0 Å². The normalized spacial score (nSPS) is 12.4. The van der Waals surface area contributed by atoms with E-state index < -0.39 is 0 Å². The van der Waals surface area contributed by atoms with E-state index in [1.165, 1.54) is 22.6 Å². The van der Waals surface area contributed by atoms with E-state index in [-0.39, 0.29) is 23.1 Å². The summed E-state index contributed by atoms with van der Waals surface area (Å²) in [6, 6.07) is 22.1. The Morgan fingerprint density at radius 2 is 1.53 bits per heavy atom. The van der Waals surface area contributed by atoms with Crippen LogP contribution in [0.1, 0.15) is 54.7 Å². The minimum Gasteiger partial charge on any atom is -0.378 e. The molecular weight excluding hydrogens is 393 g/mol. The van der Waals surface area contributed by atoms with Crippen molar-refractivity contribution in [1.82, 2.24) is 0 Å². The maximum atomic E-state index is 13.3. The first-order valence-corrected chi connectivity index (χ1v) is 11.3. The van der Waals surface area contributed by atoms with Crippen molar-refractivity contribution < 1.29 is 9.18 Å². The molecule has 0 amide bonds. The van der Waals surface area contributed by atoms with E-state index in [1.54, 1.807) is 23.9 Å². The minimum absolute atomic E-state index is 0.0489. The van der Waals surface area contributed by atoms with Crippen LogP contribution in [-0.4, -0.2) is 12.0 Å². The maximum Gasteiger partial charge on any atom is 0.165 e. The fourth-order valence-electron chi connectivity index (χ4n) is 3.30. The van der Waals surface area contributed by atoms with Gasteiger partial charge in [0.25, 0.3) is 0 Å². The van der Waals surface area contributed by atoms with Gasteiger partial charge < -0.3 is 5.32 Å². The third-order valence-corrected chi connectivity index (χ3v) is 5.91. The lowest BCUT2D eigenvalue weighted by molar-refractivity contribution is 0.0976. The van der Waals surface area contributed by atoms with E-state index in [0.29, 0.717) is 12.0 Å². The summed E-state index contributed by atoms with van der Waals surface area (Å²) >= 11 is 1.68. The molecule has 0 aliphatic carbocycles. The summed E-state index contributed by atoms with van der Waals surface area (Å²) in [6.45, 7) is 6.47. The van der Waals surface area contributed by atoms with Gasteiger partial charge in [-0.15, -0.1) is 11.8 Å². The lowest BCUT2D eigenvalue weighted by atomic mass is 9.86. The first kappa shape index (κ1) is 22.1. The summed E-state index contributed by atoms with van der Waals surface area (Å²) in [5.41, 5.74) is 3.76. The third kappa shape index (κ3) is 5.73. The minimum atomic E-state index is -0.281. The van der Waals surface area contributed by atoms with Gasteiger partial charge in [0, 0.05) is 22.6 Å². The zero-order chi connectivity index (χ0) is 21.7. The number of anilines is 1. The number of carbonyl (C=O) groups excluding carboxylic acids is 1. The smallest absolute Gasteiger partial charge is 0.165 e. The van der Waals surface area contributed by atoms with Crippen molar-refractivity contribution in [1.29, 1.82) is 0 Å². The zero-order valence-corrected chi connectivity index (χ0v) is 18.7. The van der Waals surface area contributed by atoms with E-state index in [0.717, 1.165) is 11.3 Å².